The quantitative estimate of drug-likeness (QED) is 0.735. The van der Waals surface area contributed by atoms with Crippen LogP contribution in [0.15, 0.2) is 24.3 Å². The standard InChI is InChI=1S/C14H22FNOS/c1-16(9-5-11-18-2)10-8-14(17)12-6-3-4-7-13(12)15/h3-4,6-7,14,17H,5,8-11H2,1-2H3. The fourth-order valence-corrected chi connectivity index (χ4v) is 2.25. The fraction of sp³-hybridized carbons (Fsp3) is 0.571. The number of hydrogen-bond donors (Lipinski definition) is 1. The molecule has 102 valence electrons. The molecule has 18 heavy (non-hydrogen) atoms. The van der Waals surface area contributed by atoms with Crippen LogP contribution in [0.2, 0.25) is 0 Å². The van der Waals surface area contributed by atoms with E-state index in [0.717, 1.165) is 25.3 Å². The van der Waals surface area contributed by atoms with Gasteiger partial charge in [0.15, 0.2) is 0 Å². The van der Waals surface area contributed by atoms with Gasteiger partial charge in [-0.15, -0.1) is 0 Å². The van der Waals surface area contributed by atoms with Gasteiger partial charge in [-0.2, -0.15) is 11.8 Å². The van der Waals surface area contributed by atoms with Crippen molar-refractivity contribution in [3.8, 4) is 0 Å². The summed E-state index contributed by atoms with van der Waals surface area (Å²) >= 11 is 1.84. The first-order chi connectivity index (χ1) is 8.65. The Bertz CT molecular complexity index is 348. The van der Waals surface area contributed by atoms with E-state index in [-0.39, 0.29) is 5.82 Å². The Morgan fingerprint density at radius 2 is 2.06 bits per heavy atom. The second-order valence-electron chi connectivity index (χ2n) is 4.48. The SMILES string of the molecule is CSCCCN(C)CCC(O)c1ccccc1F. The molecule has 2 nitrogen and oxygen atoms in total. The zero-order chi connectivity index (χ0) is 13.4. The zero-order valence-electron chi connectivity index (χ0n) is 11.1. The number of rotatable bonds is 8. The van der Waals surface area contributed by atoms with Crippen molar-refractivity contribution in [1.29, 1.82) is 0 Å². The van der Waals surface area contributed by atoms with E-state index in [1.165, 1.54) is 6.07 Å². The Morgan fingerprint density at radius 3 is 2.72 bits per heavy atom. The summed E-state index contributed by atoms with van der Waals surface area (Å²) in [6, 6.07) is 6.43. The zero-order valence-corrected chi connectivity index (χ0v) is 11.9. The van der Waals surface area contributed by atoms with Gasteiger partial charge in [0.05, 0.1) is 6.10 Å². The molecule has 0 fully saturated rings. The summed E-state index contributed by atoms with van der Waals surface area (Å²) in [6.45, 7) is 1.80. The lowest BCUT2D eigenvalue weighted by Gasteiger charge is -2.19. The predicted octanol–water partition coefficient (Wildman–Crippen LogP) is 2.93. The van der Waals surface area contributed by atoms with E-state index in [2.05, 4.69) is 11.2 Å². The van der Waals surface area contributed by atoms with Gasteiger partial charge in [-0.05, 0) is 44.5 Å². The van der Waals surface area contributed by atoms with Crippen molar-refractivity contribution in [3.05, 3.63) is 35.6 Å². The minimum absolute atomic E-state index is 0.324. The van der Waals surface area contributed by atoms with Gasteiger partial charge in [0.1, 0.15) is 5.82 Å². The highest BCUT2D eigenvalue weighted by molar-refractivity contribution is 7.98. The number of nitrogens with zero attached hydrogens (tertiary/aromatic N) is 1. The summed E-state index contributed by atoms with van der Waals surface area (Å²) in [5, 5.41) is 9.95. The third kappa shape index (κ3) is 5.38. The normalized spacial score (nSPS) is 12.9. The van der Waals surface area contributed by atoms with Gasteiger partial charge in [0, 0.05) is 12.1 Å². The number of aliphatic hydroxyl groups is 1. The Balaban J connectivity index is 2.32. The van der Waals surface area contributed by atoms with Gasteiger partial charge in [-0.25, -0.2) is 4.39 Å². The van der Waals surface area contributed by atoms with Gasteiger partial charge in [0.25, 0.3) is 0 Å². The van der Waals surface area contributed by atoms with Gasteiger partial charge >= 0.3 is 0 Å². The van der Waals surface area contributed by atoms with Crippen LogP contribution in [0.1, 0.15) is 24.5 Å². The van der Waals surface area contributed by atoms with Crippen LogP contribution in [0.25, 0.3) is 0 Å². The number of thioether (sulfide) groups is 1. The van der Waals surface area contributed by atoms with Crippen LogP contribution in [0.5, 0.6) is 0 Å². The minimum atomic E-state index is -0.714. The molecule has 0 amide bonds. The van der Waals surface area contributed by atoms with Crippen molar-refractivity contribution in [1.82, 2.24) is 4.90 Å². The lowest BCUT2D eigenvalue weighted by molar-refractivity contribution is 0.145. The lowest BCUT2D eigenvalue weighted by atomic mass is 10.1. The largest absolute Gasteiger partial charge is 0.388 e. The molecule has 4 heteroatoms. The molecule has 1 rings (SSSR count). The van der Waals surface area contributed by atoms with Crippen molar-refractivity contribution in [2.24, 2.45) is 0 Å². The summed E-state index contributed by atoms with van der Waals surface area (Å²) in [7, 11) is 2.04. The molecule has 1 aromatic rings. The van der Waals surface area contributed by atoms with Crippen LogP contribution in [0.3, 0.4) is 0 Å². The van der Waals surface area contributed by atoms with Crippen molar-refractivity contribution < 1.29 is 9.50 Å². The second-order valence-corrected chi connectivity index (χ2v) is 5.46. The number of aliphatic hydroxyl groups excluding tert-OH is 1. The molecule has 0 aliphatic rings. The Morgan fingerprint density at radius 1 is 1.33 bits per heavy atom. The van der Waals surface area contributed by atoms with E-state index in [0.29, 0.717) is 12.0 Å². The first-order valence-electron chi connectivity index (χ1n) is 6.25. The molecule has 0 aliphatic carbocycles. The van der Waals surface area contributed by atoms with Gasteiger partial charge in [0.2, 0.25) is 0 Å². The van der Waals surface area contributed by atoms with E-state index in [1.54, 1.807) is 18.2 Å². The van der Waals surface area contributed by atoms with Crippen molar-refractivity contribution in [2.45, 2.75) is 18.9 Å². The van der Waals surface area contributed by atoms with Gasteiger partial charge < -0.3 is 10.0 Å². The lowest BCUT2D eigenvalue weighted by Crippen LogP contribution is -2.23. The molecule has 0 heterocycles. The molecule has 0 bridgehead atoms. The highest BCUT2D eigenvalue weighted by Crippen LogP contribution is 2.19. The third-order valence-corrected chi connectivity index (χ3v) is 3.63. The molecule has 0 saturated heterocycles. The molecule has 0 aromatic heterocycles. The maximum atomic E-state index is 13.4. The molecule has 1 N–H and O–H groups in total. The van der Waals surface area contributed by atoms with Crippen LogP contribution < -0.4 is 0 Å². The highest BCUT2D eigenvalue weighted by atomic mass is 32.2. The smallest absolute Gasteiger partial charge is 0.128 e. The van der Waals surface area contributed by atoms with Crippen LogP contribution in [0.4, 0.5) is 4.39 Å². The molecule has 1 aromatic carbocycles. The molecule has 0 saturated carbocycles. The van der Waals surface area contributed by atoms with Crippen molar-refractivity contribution >= 4 is 11.8 Å². The van der Waals surface area contributed by atoms with Crippen LogP contribution in [-0.2, 0) is 0 Å². The van der Waals surface area contributed by atoms with Crippen LogP contribution >= 0.6 is 11.8 Å². The number of halogens is 1. The summed E-state index contributed by atoms with van der Waals surface area (Å²) in [5.41, 5.74) is 0.398. The predicted molar refractivity (Wildman–Crippen MR) is 76.5 cm³/mol. The Kier molecular flexibility index (Phi) is 7.32. The first-order valence-corrected chi connectivity index (χ1v) is 7.64. The van der Waals surface area contributed by atoms with E-state index in [4.69, 9.17) is 0 Å². The van der Waals surface area contributed by atoms with E-state index in [9.17, 15) is 9.50 Å². The first kappa shape index (κ1) is 15.5. The Labute approximate surface area is 113 Å². The van der Waals surface area contributed by atoms with E-state index >= 15 is 0 Å². The third-order valence-electron chi connectivity index (χ3n) is 2.94. The number of hydrogen-bond acceptors (Lipinski definition) is 3. The number of benzene rings is 1. The summed E-state index contributed by atoms with van der Waals surface area (Å²) in [5.74, 6) is 0.829. The average Bonchev–Trinajstić information content (AvgIpc) is 2.37. The maximum absolute atomic E-state index is 13.4. The second kappa shape index (κ2) is 8.51. The summed E-state index contributed by atoms with van der Waals surface area (Å²) < 4.78 is 13.4. The van der Waals surface area contributed by atoms with E-state index in [1.807, 2.05) is 18.8 Å². The van der Waals surface area contributed by atoms with Crippen LogP contribution in [0, 0.1) is 5.82 Å². The van der Waals surface area contributed by atoms with Crippen LogP contribution in [-0.4, -0.2) is 42.2 Å². The molecule has 1 atom stereocenters. The molecule has 0 aliphatic heterocycles. The maximum Gasteiger partial charge on any atom is 0.128 e. The van der Waals surface area contributed by atoms with Crippen molar-refractivity contribution in [2.75, 3.05) is 32.1 Å². The highest BCUT2D eigenvalue weighted by Gasteiger charge is 2.12. The monoisotopic (exact) mass is 271 g/mol. The average molecular weight is 271 g/mol. The fourth-order valence-electron chi connectivity index (χ4n) is 1.83. The van der Waals surface area contributed by atoms with Gasteiger partial charge in [-0.1, -0.05) is 18.2 Å². The summed E-state index contributed by atoms with van der Waals surface area (Å²) in [6.07, 6.45) is 3.10. The molecular weight excluding hydrogens is 249 g/mol. The topological polar surface area (TPSA) is 23.5 Å². The molecular formula is C14H22FNOS. The van der Waals surface area contributed by atoms with Gasteiger partial charge in [-0.3, -0.25) is 0 Å². The Hall–Kier alpha value is -0.580. The minimum Gasteiger partial charge on any atom is -0.388 e. The van der Waals surface area contributed by atoms with Crippen molar-refractivity contribution in [3.63, 3.8) is 0 Å². The molecule has 0 spiro atoms. The molecule has 1 unspecified atom stereocenters. The summed E-state index contributed by atoms with van der Waals surface area (Å²) in [4.78, 5) is 2.18. The molecule has 0 radical (unpaired) electrons. The van der Waals surface area contributed by atoms with E-state index < -0.39 is 6.10 Å².